The number of rotatable bonds is 8. The zero-order valence-electron chi connectivity index (χ0n) is 15.8. The molecule has 1 aromatic carbocycles. The summed E-state index contributed by atoms with van der Waals surface area (Å²) in [5, 5.41) is 15.7. The van der Waals surface area contributed by atoms with Crippen molar-refractivity contribution in [3.05, 3.63) is 46.5 Å². The van der Waals surface area contributed by atoms with E-state index in [0.717, 1.165) is 4.68 Å². The molecule has 150 valence electrons. The summed E-state index contributed by atoms with van der Waals surface area (Å²) in [7, 11) is 1.41. The highest BCUT2D eigenvalue weighted by atomic mass is 19.1. The van der Waals surface area contributed by atoms with Gasteiger partial charge in [-0.15, -0.1) is 0 Å². The van der Waals surface area contributed by atoms with E-state index in [4.69, 9.17) is 4.74 Å². The number of nitrogens with one attached hydrogen (secondary N) is 1. The third kappa shape index (κ3) is 4.93. The van der Waals surface area contributed by atoms with Gasteiger partial charge in [0.2, 0.25) is 5.91 Å². The van der Waals surface area contributed by atoms with Gasteiger partial charge >= 0.3 is 5.97 Å². The zero-order valence-corrected chi connectivity index (χ0v) is 15.8. The number of carbonyl (C=O) groups excluding carboxylic acids is 1. The van der Waals surface area contributed by atoms with E-state index in [2.05, 4.69) is 10.4 Å². The molecule has 0 unspecified atom stereocenters. The van der Waals surface area contributed by atoms with Crippen molar-refractivity contribution in [1.29, 1.82) is 0 Å². The lowest BCUT2D eigenvalue weighted by molar-refractivity contribution is -0.143. The number of benzene rings is 1. The average molecular weight is 391 g/mol. The third-order valence-electron chi connectivity index (χ3n) is 4.41. The fourth-order valence-corrected chi connectivity index (χ4v) is 2.57. The second kappa shape index (κ2) is 9.12. The molecular weight excluding hydrogens is 369 g/mol. The van der Waals surface area contributed by atoms with Gasteiger partial charge in [0.05, 0.1) is 12.8 Å². The van der Waals surface area contributed by atoms with Gasteiger partial charge < -0.3 is 15.2 Å². The molecule has 1 amide bonds. The maximum absolute atomic E-state index is 14.3. The Hall–Kier alpha value is -3.23. The number of methoxy groups -OCH3 is 1. The Balaban J connectivity index is 2.25. The highest BCUT2D eigenvalue weighted by Gasteiger charge is 2.25. The Labute approximate surface area is 160 Å². The summed E-state index contributed by atoms with van der Waals surface area (Å²) in [6, 6.07) is 5.63. The van der Waals surface area contributed by atoms with Crippen LogP contribution in [0, 0.1) is 11.7 Å². The van der Waals surface area contributed by atoms with Crippen molar-refractivity contribution in [3.63, 3.8) is 0 Å². The molecule has 0 saturated heterocycles. The molecule has 0 aliphatic rings. The van der Waals surface area contributed by atoms with Crippen LogP contribution in [0.3, 0.4) is 0 Å². The largest absolute Gasteiger partial charge is 0.497 e. The fraction of sp³-hybridized carbons (Fsp3) is 0.368. The van der Waals surface area contributed by atoms with Gasteiger partial charge in [-0.25, -0.2) is 13.9 Å². The van der Waals surface area contributed by atoms with Crippen molar-refractivity contribution < 1.29 is 23.8 Å². The molecule has 9 heteroatoms. The van der Waals surface area contributed by atoms with Crippen molar-refractivity contribution >= 4 is 11.9 Å². The number of carbonyl (C=O) groups is 2. The number of ether oxygens (including phenoxy) is 1. The first-order valence-corrected chi connectivity index (χ1v) is 8.71. The minimum Gasteiger partial charge on any atom is -0.497 e. The normalized spacial score (nSPS) is 12.9. The number of nitrogens with zero attached hydrogens (tertiary/aromatic N) is 2. The Bertz CT molecular complexity index is 928. The summed E-state index contributed by atoms with van der Waals surface area (Å²) in [5.41, 5.74) is -0.273. The highest BCUT2D eigenvalue weighted by Crippen LogP contribution is 2.24. The predicted octanol–water partition coefficient (Wildman–Crippen LogP) is 1.67. The van der Waals surface area contributed by atoms with Crippen LogP contribution in [0.4, 0.5) is 4.39 Å². The van der Waals surface area contributed by atoms with Crippen LogP contribution in [-0.4, -0.2) is 39.9 Å². The second-order valence-corrected chi connectivity index (χ2v) is 6.33. The molecule has 1 aromatic heterocycles. The van der Waals surface area contributed by atoms with E-state index in [9.17, 15) is 23.9 Å². The molecule has 0 spiro atoms. The monoisotopic (exact) mass is 391 g/mol. The highest BCUT2D eigenvalue weighted by molar-refractivity contribution is 5.83. The first kappa shape index (κ1) is 21.1. The number of amides is 1. The topological polar surface area (TPSA) is 111 Å². The van der Waals surface area contributed by atoms with Crippen LogP contribution in [0.1, 0.15) is 20.3 Å². The van der Waals surface area contributed by atoms with E-state index in [1.54, 1.807) is 13.0 Å². The average Bonchev–Trinajstić information content (AvgIpc) is 2.67. The molecule has 0 saturated carbocycles. The molecule has 0 aliphatic carbocycles. The van der Waals surface area contributed by atoms with Crippen LogP contribution in [0.5, 0.6) is 5.75 Å². The lowest BCUT2D eigenvalue weighted by atomic mass is 9.99. The first-order chi connectivity index (χ1) is 13.3. The van der Waals surface area contributed by atoms with Gasteiger partial charge in [0.25, 0.3) is 5.56 Å². The van der Waals surface area contributed by atoms with Crippen molar-refractivity contribution in [2.45, 2.75) is 32.9 Å². The Morgan fingerprint density at radius 2 is 2.04 bits per heavy atom. The van der Waals surface area contributed by atoms with Crippen LogP contribution in [0.15, 0.2) is 35.1 Å². The van der Waals surface area contributed by atoms with Crippen molar-refractivity contribution in [2.75, 3.05) is 7.11 Å². The summed E-state index contributed by atoms with van der Waals surface area (Å²) in [5.74, 6) is -2.37. The van der Waals surface area contributed by atoms with E-state index in [-0.39, 0.29) is 17.2 Å². The van der Waals surface area contributed by atoms with Crippen LogP contribution in [0.25, 0.3) is 11.3 Å². The van der Waals surface area contributed by atoms with Crippen molar-refractivity contribution in [3.8, 4) is 17.0 Å². The summed E-state index contributed by atoms with van der Waals surface area (Å²) in [6.45, 7) is 3.03. The van der Waals surface area contributed by atoms with Gasteiger partial charge in [0, 0.05) is 17.7 Å². The first-order valence-electron chi connectivity index (χ1n) is 8.71. The number of carboxylic acid groups (broad SMARTS) is 1. The standard InChI is InChI=1S/C19H22FN3O5/c1-4-11(2)18(19(26)27)21-16(24)10-23-17(25)8-7-15(22-23)13-6-5-12(28-3)9-14(13)20/h5-9,11,18H,4,10H2,1-3H3,(H,21,24)(H,26,27)/t11-,18+/m0/s1. The number of hydrogen-bond acceptors (Lipinski definition) is 5. The third-order valence-corrected chi connectivity index (χ3v) is 4.41. The van der Waals surface area contributed by atoms with Gasteiger partial charge in [0.1, 0.15) is 24.2 Å². The Kier molecular flexibility index (Phi) is 6.86. The van der Waals surface area contributed by atoms with E-state index in [0.29, 0.717) is 12.2 Å². The van der Waals surface area contributed by atoms with Crippen LogP contribution in [-0.2, 0) is 16.1 Å². The zero-order chi connectivity index (χ0) is 20.8. The van der Waals surface area contributed by atoms with E-state index < -0.39 is 35.8 Å². The molecule has 28 heavy (non-hydrogen) atoms. The quantitative estimate of drug-likeness (QED) is 0.708. The van der Waals surface area contributed by atoms with Gasteiger partial charge in [-0.05, 0) is 24.1 Å². The van der Waals surface area contributed by atoms with Gasteiger partial charge in [-0.2, -0.15) is 5.10 Å². The fourth-order valence-electron chi connectivity index (χ4n) is 2.57. The molecule has 2 atom stereocenters. The lowest BCUT2D eigenvalue weighted by Crippen LogP contribution is -2.47. The van der Waals surface area contributed by atoms with Gasteiger partial charge in [-0.3, -0.25) is 9.59 Å². The smallest absolute Gasteiger partial charge is 0.326 e. The minimum absolute atomic E-state index is 0.137. The number of aliphatic carboxylic acids is 1. The molecule has 0 fully saturated rings. The molecule has 0 aliphatic heterocycles. The molecular formula is C19H22FN3O5. The van der Waals surface area contributed by atoms with Crippen molar-refractivity contribution in [1.82, 2.24) is 15.1 Å². The Morgan fingerprint density at radius 1 is 1.32 bits per heavy atom. The summed E-state index contributed by atoms with van der Waals surface area (Å²) < 4.78 is 20.1. The molecule has 0 bridgehead atoms. The number of carboxylic acids is 1. The SMILES string of the molecule is CC[C@H](C)[C@@H](NC(=O)Cn1nc(-c2ccc(OC)cc2F)ccc1=O)C(=O)O. The Morgan fingerprint density at radius 3 is 2.61 bits per heavy atom. The molecule has 0 radical (unpaired) electrons. The summed E-state index contributed by atoms with van der Waals surface area (Å²) in [6.07, 6.45) is 0.557. The molecule has 2 aromatic rings. The summed E-state index contributed by atoms with van der Waals surface area (Å²) >= 11 is 0. The van der Waals surface area contributed by atoms with E-state index in [1.165, 1.54) is 31.4 Å². The molecule has 1 heterocycles. The second-order valence-electron chi connectivity index (χ2n) is 6.33. The minimum atomic E-state index is -1.16. The van der Waals surface area contributed by atoms with Gasteiger partial charge in [0.15, 0.2) is 0 Å². The number of halogens is 1. The summed E-state index contributed by atoms with van der Waals surface area (Å²) in [4.78, 5) is 35.6. The lowest BCUT2D eigenvalue weighted by Gasteiger charge is -2.20. The molecule has 2 N–H and O–H groups in total. The van der Waals surface area contributed by atoms with E-state index >= 15 is 0 Å². The predicted molar refractivity (Wildman–Crippen MR) is 99.5 cm³/mol. The van der Waals surface area contributed by atoms with Gasteiger partial charge in [-0.1, -0.05) is 20.3 Å². The maximum Gasteiger partial charge on any atom is 0.326 e. The van der Waals surface area contributed by atoms with Crippen LogP contribution < -0.4 is 15.6 Å². The van der Waals surface area contributed by atoms with Crippen LogP contribution >= 0.6 is 0 Å². The maximum atomic E-state index is 14.3. The number of hydrogen-bond donors (Lipinski definition) is 2. The van der Waals surface area contributed by atoms with E-state index in [1.807, 2.05) is 6.92 Å². The number of aromatic nitrogens is 2. The van der Waals surface area contributed by atoms with Crippen molar-refractivity contribution in [2.24, 2.45) is 5.92 Å². The van der Waals surface area contributed by atoms with Crippen LogP contribution in [0.2, 0.25) is 0 Å². The molecule has 2 rings (SSSR count). The molecule has 8 nitrogen and oxygen atoms in total.